The van der Waals surface area contributed by atoms with E-state index in [1.165, 1.54) is 29.9 Å². The number of rotatable bonds is 6. The molecule has 6 heteroatoms. The van der Waals surface area contributed by atoms with Crippen LogP contribution in [0.2, 0.25) is 0 Å². The number of amides is 1. The molecule has 2 fully saturated rings. The lowest BCUT2D eigenvalue weighted by atomic mass is 9.84. The lowest BCUT2D eigenvalue weighted by Gasteiger charge is -2.41. The van der Waals surface area contributed by atoms with Crippen molar-refractivity contribution in [2.75, 3.05) is 18.5 Å². The SMILES string of the molecule is [2H]C([2H])([2H])c1cccc(F)c1C(=O)N1CCC[C@H](C(=O)OCC)[C@@H]1c1ccc(NC2CCCC2)cc1. The zero-order chi connectivity index (χ0) is 25.9. The van der Waals surface area contributed by atoms with Gasteiger partial charge in [0.25, 0.3) is 5.91 Å². The summed E-state index contributed by atoms with van der Waals surface area (Å²) in [6.07, 6.45) is 5.72. The lowest BCUT2D eigenvalue weighted by molar-refractivity contribution is -0.151. The van der Waals surface area contributed by atoms with Crippen molar-refractivity contribution in [2.24, 2.45) is 5.92 Å². The highest BCUT2D eigenvalue weighted by atomic mass is 19.1. The summed E-state index contributed by atoms with van der Waals surface area (Å²) in [4.78, 5) is 28.1. The van der Waals surface area contributed by atoms with Gasteiger partial charge in [-0.05, 0) is 68.8 Å². The van der Waals surface area contributed by atoms with Gasteiger partial charge in [0.05, 0.1) is 24.1 Å². The van der Waals surface area contributed by atoms with Crippen LogP contribution in [0.4, 0.5) is 10.1 Å². The first-order valence-corrected chi connectivity index (χ1v) is 11.8. The predicted octanol–water partition coefficient (Wildman–Crippen LogP) is 5.65. The zero-order valence-electron chi connectivity index (χ0n) is 22.0. The van der Waals surface area contributed by atoms with Gasteiger partial charge in [0.15, 0.2) is 0 Å². The van der Waals surface area contributed by atoms with Crippen LogP contribution in [0.15, 0.2) is 42.5 Å². The molecule has 176 valence electrons. The second-order valence-electron chi connectivity index (χ2n) is 8.85. The number of aryl methyl sites for hydroxylation is 1. The Bertz CT molecular complexity index is 1080. The monoisotopic (exact) mass is 455 g/mol. The van der Waals surface area contributed by atoms with Gasteiger partial charge in [0.1, 0.15) is 5.82 Å². The molecule has 0 spiro atoms. The van der Waals surface area contributed by atoms with Crippen molar-refractivity contribution in [1.82, 2.24) is 4.90 Å². The number of nitrogens with one attached hydrogen (secondary N) is 1. The molecule has 2 aromatic rings. The van der Waals surface area contributed by atoms with E-state index >= 15 is 0 Å². The highest BCUT2D eigenvalue weighted by Gasteiger charge is 2.41. The summed E-state index contributed by atoms with van der Waals surface area (Å²) in [6, 6.07) is 11.0. The van der Waals surface area contributed by atoms with E-state index < -0.39 is 42.1 Å². The topological polar surface area (TPSA) is 58.6 Å². The maximum atomic E-state index is 14.9. The molecule has 0 bridgehead atoms. The van der Waals surface area contributed by atoms with Gasteiger partial charge in [-0.1, -0.05) is 37.1 Å². The fourth-order valence-corrected chi connectivity index (χ4v) is 5.10. The molecule has 1 saturated heterocycles. The first kappa shape index (κ1) is 19.6. The summed E-state index contributed by atoms with van der Waals surface area (Å²) in [5, 5.41) is 3.53. The minimum Gasteiger partial charge on any atom is -0.466 e. The van der Waals surface area contributed by atoms with E-state index in [9.17, 15) is 14.0 Å². The number of nitrogens with zero attached hydrogens (tertiary/aromatic N) is 1. The molecular weight excluding hydrogens is 419 g/mol. The minimum atomic E-state index is -2.66. The molecule has 1 aliphatic heterocycles. The molecule has 33 heavy (non-hydrogen) atoms. The number of carbonyl (C=O) groups excluding carboxylic acids is 2. The van der Waals surface area contributed by atoms with Gasteiger partial charge < -0.3 is 15.0 Å². The number of hydrogen-bond acceptors (Lipinski definition) is 4. The Hall–Kier alpha value is -2.89. The van der Waals surface area contributed by atoms with Gasteiger partial charge in [0.2, 0.25) is 0 Å². The summed E-state index contributed by atoms with van der Waals surface area (Å²) in [7, 11) is 0. The van der Waals surface area contributed by atoms with Crippen molar-refractivity contribution in [3.8, 4) is 0 Å². The van der Waals surface area contributed by atoms with Crippen LogP contribution >= 0.6 is 0 Å². The molecule has 5 nitrogen and oxygen atoms in total. The molecule has 0 unspecified atom stereocenters. The Morgan fingerprint density at radius 3 is 2.58 bits per heavy atom. The summed E-state index contributed by atoms with van der Waals surface area (Å²) >= 11 is 0. The Balaban J connectivity index is 1.71. The van der Waals surface area contributed by atoms with Crippen LogP contribution in [0.1, 0.15) is 77.1 Å². The maximum Gasteiger partial charge on any atom is 0.311 e. The van der Waals surface area contributed by atoms with Gasteiger partial charge in [0, 0.05) is 22.4 Å². The fourth-order valence-electron chi connectivity index (χ4n) is 5.10. The third-order valence-corrected chi connectivity index (χ3v) is 6.69. The zero-order valence-corrected chi connectivity index (χ0v) is 19.0. The number of carbonyl (C=O) groups is 2. The number of ether oxygens (including phenoxy) is 1. The van der Waals surface area contributed by atoms with Crippen LogP contribution in [0, 0.1) is 18.6 Å². The quantitative estimate of drug-likeness (QED) is 0.572. The number of anilines is 1. The number of piperidine rings is 1. The molecule has 2 aliphatic rings. The van der Waals surface area contributed by atoms with E-state index in [-0.39, 0.29) is 18.7 Å². The molecule has 0 radical (unpaired) electrons. The molecular formula is C27H33FN2O3. The van der Waals surface area contributed by atoms with E-state index in [2.05, 4.69) is 5.32 Å². The first-order chi connectivity index (χ1) is 17.2. The van der Waals surface area contributed by atoms with Crippen molar-refractivity contribution in [1.29, 1.82) is 0 Å². The van der Waals surface area contributed by atoms with Crippen molar-refractivity contribution in [3.05, 3.63) is 65.0 Å². The van der Waals surface area contributed by atoms with Crippen LogP contribution in [0.5, 0.6) is 0 Å². The largest absolute Gasteiger partial charge is 0.466 e. The number of halogens is 1. The van der Waals surface area contributed by atoms with Crippen LogP contribution < -0.4 is 5.32 Å². The van der Waals surface area contributed by atoms with Crippen LogP contribution in [-0.4, -0.2) is 36.0 Å². The number of esters is 1. The third-order valence-electron chi connectivity index (χ3n) is 6.69. The highest BCUT2D eigenvalue weighted by Crippen LogP contribution is 2.39. The molecule has 1 aliphatic carbocycles. The van der Waals surface area contributed by atoms with Gasteiger partial charge in [-0.2, -0.15) is 0 Å². The Kier molecular flexibility index (Phi) is 6.15. The average molecular weight is 456 g/mol. The smallest absolute Gasteiger partial charge is 0.311 e. The lowest BCUT2D eigenvalue weighted by Crippen LogP contribution is -2.46. The van der Waals surface area contributed by atoms with Gasteiger partial charge in [-0.3, -0.25) is 9.59 Å². The van der Waals surface area contributed by atoms with Gasteiger partial charge in [-0.25, -0.2) is 4.39 Å². The molecule has 2 atom stereocenters. The van der Waals surface area contributed by atoms with Crippen LogP contribution in [0.25, 0.3) is 0 Å². The maximum absolute atomic E-state index is 14.9. The van der Waals surface area contributed by atoms with Crippen molar-refractivity contribution < 1.29 is 22.8 Å². The van der Waals surface area contributed by atoms with Crippen molar-refractivity contribution >= 4 is 17.6 Å². The fraction of sp³-hybridized carbons (Fsp3) is 0.481. The third kappa shape index (κ3) is 5.05. The van der Waals surface area contributed by atoms with Gasteiger partial charge >= 0.3 is 5.97 Å². The molecule has 4 rings (SSSR count). The number of likely N-dealkylation sites (tertiary alicyclic amines) is 1. The first-order valence-electron chi connectivity index (χ1n) is 13.3. The standard InChI is InChI=1S/C27H33FN2O3/c1-3-33-27(32)22-11-7-17-30(26(31)24-18(2)8-6-12-23(24)28)25(22)19-13-15-21(16-14-19)29-20-9-4-5-10-20/h6,8,12-16,20,22,25,29H,3-5,7,9-11,17H2,1-2H3/t22-,25-/m0/s1/i2D3. The van der Waals surface area contributed by atoms with E-state index in [1.54, 1.807) is 6.92 Å². The Labute approximate surface area is 199 Å². The summed E-state index contributed by atoms with van der Waals surface area (Å²) in [5.41, 5.74) is 0.891. The van der Waals surface area contributed by atoms with Crippen molar-refractivity contribution in [3.63, 3.8) is 0 Å². The van der Waals surface area contributed by atoms with Gasteiger partial charge in [-0.15, -0.1) is 0 Å². The molecule has 2 aromatic carbocycles. The predicted molar refractivity (Wildman–Crippen MR) is 127 cm³/mol. The molecule has 0 aromatic heterocycles. The summed E-state index contributed by atoms with van der Waals surface area (Å²) in [6.45, 7) is -0.455. The van der Waals surface area contributed by atoms with E-state index in [0.29, 0.717) is 18.9 Å². The number of hydrogen-bond donors (Lipinski definition) is 1. The Morgan fingerprint density at radius 2 is 1.88 bits per heavy atom. The average Bonchev–Trinajstić information content (AvgIpc) is 3.36. The normalized spacial score (nSPS) is 22.8. The Morgan fingerprint density at radius 1 is 1.12 bits per heavy atom. The van der Waals surface area contributed by atoms with Crippen molar-refractivity contribution in [2.45, 2.75) is 64.4 Å². The van der Waals surface area contributed by atoms with Crippen LogP contribution in [-0.2, 0) is 9.53 Å². The van der Waals surface area contributed by atoms with E-state index in [4.69, 9.17) is 8.85 Å². The van der Waals surface area contributed by atoms with E-state index in [0.717, 1.165) is 30.2 Å². The molecule has 1 amide bonds. The molecule has 1 heterocycles. The summed E-state index contributed by atoms with van der Waals surface area (Å²) in [5.74, 6) is -2.68. The molecule has 1 N–H and O–H groups in total. The van der Waals surface area contributed by atoms with E-state index in [1.807, 2.05) is 24.3 Å². The molecule has 1 saturated carbocycles. The highest BCUT2D eigenvalue weighted by molar-refractivity contribution is 5.96. The van der Waals surface area contributed by atoms with Crippen LogP contribution in [0.3, 0.4) is 0 Å². The number of benzene rings is 2. The minimum absolute atomic E-state index is 0.205. The summed E-state index contributed by atoms with van der Waals surface area (Å²) < 4.78 is 43.7. The second kappa shape index (κ2) is 10.4. The second-order valence-corrected chi connectivity index (χ2v) is 8.85.